The topological polar surface area (TPSA) is 69.0 Å². The van der Waals surface area contributed by atoms with Crippen LogP contribution in [0.3, 0.4) is 0 Å². The van der Waals surface area contributed by atoms with Crippen molar-refractivity contribution in [2.45, 2.75) is 13.0 Å². The largest absolute Gasteiger partial charge is 0.494 e. The van der Waals surface area contributed by atoms with Crippen molar-refractivity contribution < 1.29 is 13.9 Å². The Balaban J connectivity index is 1.74. The number of ether oxygens (including phenoxy) is 1. The lowest BCUT2D eigenvalue weighted by Gasteiger charge is -2.10. The predicted octanol–water partition coefficient (Wildman–Crippen LogP) is 3.35. The van der Waals surface area contributed by atoms with Gasteiger partial charge in [-0.25, -0.2) is 9.37 Å². The molecule has 1 amide bonds. The number of rotatable bonds is 5. The molecule has 0 aliphatic rings. The molecule has 0 radical (unpaired) electrons. The summed E-state index contributed by atoms with van der Waals surface area (Å²) in [6.45, 7) is 1.75. The monoisotopic (exact) mass is 346 g/mol. The fourth-order valence-corrected chi connectivity index (χ4v) is 2.85. The number of amides is 1. The molecule has 1 N–H and O–H groups in total. The standard InChI is InChI=1S/C16H15FN4O2S/c1-10(21-7-3-6-18-21)15(22)20-16-19-13(9-24-16)11-4-5-14(23-2)12(17)8-11/h3-10H,1-2H3,(H,19,20,22). The second kappa shape index (κ2) is 6.79. The molecule has 3 rings (SSSR count). The quantitative estimate of drug-likeness (QED) is 0.769. The Morgan fingerprint density at radius 3 is 2.96 bits per heavy atom. The molecule has 0 fully saturated rings. The molecule has 0 aliphatic heterocycles. The number of hydrogen-bond acceptors (Lipinski definition) is 5. The SMILES string of the molecule is COc1ccc(-c2csc(NC(=O)C(C)n3cccn3)n2)cc1F. The summed E-state index contributed by atoms with van der Waals surface area (Å²) in [5.41, 5.74) is 1.20. The van der Waals surface area contributed by atoms with Gasteiger partial charge in [-0.3, -0.25) is 9.48 Å². The van der Waals surface area contributed by atoms with E-state index in [1.165, 1.54) is 24.5 Å². The number of anilines is 1. The van der Waals surface area contributed by atoms with E-state index >= 15 is 0 Å². The first-order valence-electron chi connectivity index (χ1n) is 7.18. The van der Waals surface area contributed by atoms with Crippen LogP contribution in [0.1, 0.15) is 13.0 Å². The Morgan fingerprint density at radius 1 is 1.46 bits per heavy atom. The van der Waals surface area contributed by atoms with Gasteiger partial charge in [0, 0.05) is 23.3 Å². The molecule has 1 aromatic carbocycles. The first kappa shape index (κ1) is 16.1. The molecule has 0 saturated heterocycles. The van der Waals surface area contributed by atoms with Gasteiger partial charge < -0.3 is 10.1 Å². The van der Waals surface area contributed by atoms with Crippen molar-refractivity contribution >= 4 is 22.4 Å². The van der Waals surface area contributed by atoms with E-state index in [4.69, 9.17) is 4.74 Å². The molecule has 124 valence electrons. The van der Waals surface area contributed by atoms with Crippen LogP contribution in [0.5, 0.6) is 5.75 Å². The van der Waals surface area contributed by atoms with Gasteiger partial charge >= 0.3 is 0 Å². The lowest BCUT2D eigenvalue weighted by molar-refractivity contribution is -0.119. The van der Waals surface area contributed by atoms with Gasteiger partial charge in [-0.1, -0.05) is 0 Å². The van der Waals surface area contributed by atoms with Crippen molar-refractivity contribution in [3.63, 3.8) is 0 Å². The normalized spacial score (nSPS) is 12.0. The summed E-state index contributed by atoms with van der Waals surface area (Å²) in [6.07, 6.45) is 3.33. The van der Waals surface area contributed by atoms with E-state index in [1.54, 1.807) is 47.6 Å². The van der Waals surface area contributed by atoms with Gasteiger partial charge in [-0.2, -0.15) is 5.10 Å². The zero-order valence-electron chi connectivity index (χ0n) is 13.1. The van der Waals surface area contributed by atoms with Crippen molar-refractivity contribution in [1.82, 2.24) is 14.8 Å². The van der Waals surface area contributed by atoms with E-state index in [2.05, 4.69) is 15.4 Å². The summed E-state index contributed by atoms with van der Waals surface area (Å²) < 4.78 is 20.2. The minimum Gasteiger partial charge on any atom is -0.494 e. The molecule has 1 unspecified atom stereocenters. The third kappa shape index (κ3) is 3.28. The molecule has 2 aromatic heterocycles. The summed E-state index contributed by atoms with van der Waals surface area (Å²) >= 11 is 1.28. The van der Waals surface area contributed by atoms with Crippen LogP contribution in [0.2, 0.25) is 0 Å². The highest BCUT2D eigenvalue weighted by molar-refractivity contribution is 7.14. The number of methoxy groups -OCH3 is 1. The zero-order valence-corrected chi connectivity index (χ0v) is 13.9. The number of aromatic nitrogens is 3. The average molecular weight is 346 g/mol. The maximum Gasteiger partial charge on any atom is 0.250 e. The Kier molecular flexibility index (Phi) is 4.57. The summed E-state index contributed by atoms with van der Waals surface area (Å²) in [5, 5.41) is 9.00. The molecule has 0 saturated carbocycles. The van der Waals surface area contributed by atoms with Gasteiger partial charge in [0.1, 0.15) is 6.04 Å². The molecule has 2 heterocycles. The number of hydrogen-bond donors (Lipinski definition) is 1. The third-order valence-electron chi connectivity index (χ3n) is 3.48. The van der Waals surface area contributed by atoms with E-state index in [0.29, 0.717) is 16.4 Å². The predicted molar refractivity (Wildman–Crippen MR) is 89.6 cm³/mol. The highest BCUT2D eigenvalue weighted by Gasteiger charge is 2.17. The highest BCUT2D eigenvalue weighted by atomic mass is 32.1. The molecule has 24 heavy (non-hydrogen) atoms. The fourth-order valence-electron chi connectivity index (χ4n) is 2.13. The van der Waals surface area contributed by atoms with E-state index in [0.717, 1.165) is 0 Å². The van der Waals surface area contributed by atoms with Gasteiger partial charge in [0.2, 0.25) is 0 Å². The zero-order chi connectivity index (χ0) is 17.1. The molecular weight excluding hydrogens is 331 g/mol. The Bertz CT molecular complexity index is 848. The van der Waals surface area contributed by atoms with E-state index in [-0.39, 0.29) is 11.7 Å². The van der Waals surface area contributed by atoms with E-state index < -0.39 is 11.9 Å². The Labute approximate surface area is 141 Å². The third-order valence-corrected chi connectivity index (χ3v) is 4.24. The molecule has 8 heteroatoms. The maximum absolute atomic E-state index is 13.8. The molecule has 0 spiro atoms. The lowest BCUT2D eigenvalue weighted by atomic mass is 10.1. The Morgan fingerprint density at radius 2 is 2.29 bits per heavy atom. The first-order chi connectivity index (χ1) is 11.6. The minimum absolute atomic E-state index is 0.176. The van der Waals surface area contributed by atoms with Crippen molar-refractivity contribution in [3.05, 3.63) is 47.9 Å². The number of nitrogens with one attached hydrogen (secondary N) is 1. The number of thiazole rings is 1. The maximum atomic E-state index is 13.8. The second-order valence-corrected chi connectivity index (χ2v) is 5.90. The van der Waals surface area contributed by atoms with Crippen LogP contribution in [0, 0.1) is 5.82 Å². The van der Waals surface area contributed by atoms with Gasteiger partial charge in [0.25, 0.3) is 5.91 Å². The summed E-state index contributed by atoms with van der Waals surface area (Å²) in [4.78, 5) is 16.5. The average Bonchev–Trinajstić information content (AvgIpc) is 3.26. The van der Waals surface area contributed by atoms with E-state index in [1.807, 2.05) is 0 Å². The first-order valence-corrected chi connectivity index (χ1v) is 8.06. The van der Waals surface area contributed by atoms with Crippen LogP contribution in [0.4, 0.5) is 9.52 Å². The van der Waals surface area contributed by atoms with Crippen LogP contribution in [-0.2, 0) is 4.79 Å². The van der Waals surface area contributed by atoms with E-state index in [9.17, 15) is 9.18 Å². The summed E-state index contributed by atoms with van der Waals surface area (Å²) in [7, 11) is 1.41. The van der Waals surface area contributed by atoms with Crippen molar-refractivity contribution in [1.29, 1.82) is 0 Å². The second-order valence-electron chi connectivity index (χ2n) is 5.04. The lowest BCUT2D eigenvalue weighted by Crippen LogP contribution is -2.23. The molecule has 3 aromatic rings. The van der Waals surface area contributed by atoms with Crippen LogP contribution in [0.25, 0.3) is 11.3 Å². The molecule has 1 atom stereocenters. The number of carbonyl (C=O) groups excluding carboxylic acids is 1. The minimum atomic E-state index is -0.458. The van der Waals surface area contributed by atoms with Crippen LogP contribution in [0.15, 0.2) is 42.0 Å². The van der Waals surface area contributed by atoms with Gasteiger partial charge in [0.15, 0.2) is 16.7 Å². The Hall–Kier alpha value is -2.74. The summed E-state index contributed by atoms with van der Waals surface area (Å²) in [5.74, 6) is -0.503. The van der Waals surface area contributed by atoms with Gasteiger partial charge in [-0.15, -0.1) is 11.3 Å². The molecular formula is C16H15FN4O2S. The van der Waals surface area contributed by atoms with Crippen LogP contribution < -0.4 is 10.1 Å². The highest BCUT2D eigenvalue weighted by Crippen LogP contribution is 2.28. The number of carbonyl (C=O) groups is 1. The van der Waals surface area contributed by atoms with Crippen LogP contribution >= 0.6 is 11.3 Å². The van der Waals surface area contributed by atoms with Gasteiger partial charge in [-0.05, 0) is 31.2 Å². The van der Waals surface area contributed by atoms with Crippen molar-refractivity contribution in [3.8, 4) is 17.0 Å². The van der Waals surface area contributed by atoms with Crippen molar-refractivity contribution in [2.75, 3.05) is 12.4 Å². The summed E-state index contributed by atoms with van der Waals surface area (Å²) in [6, 6.07) is 5.91. The fraction of sp³-hybridized carbons (Fsp3) is 0.188. The molecule has 0 bridgehead atoms. The van der Waals surface area contributed by atoms with Crippen molar-refractivity contribution in [2.24, 2.45) is 0 Å². The van der Waals surface area contributed by atoms with Crippen LogP contribution in [-0.4, -0.2) is 27.8 Å². The number of nitrogens with zero attached hydrogens (tertiary/aromatic N) is 3. The number of benzene rings is 1. The number of halogens is 1. The van der Waals surface area contributed by atoms with Gasteiger partial charge in [0.05, 0.1) is 12.8 Å². The smallest absolute Gasteiger partial charge is 0.250 e. The molecule has 6 nitrogen and oxygen atoms in total. The molecule has 0 aliphatic carbocycles.